The smallest absolute Gasteiger partial charge is 0.407 e. The molecule has 0 aliphatic heterocycles. The summed E-state index contributed by atoms with van der Waals surface area (Å²) in [7, 11) is 0. The van der Waals surface area contributed by atoms with Gasteiger partial charge in [-0.15, -0.1) is 0 Å². The van der Waals surface area contributed by atoms with Crippen molar-refractivity contribution < 1.29 is 19.4 Å². The molecule has 1 aromatic rings. The van der Waals surface area contributed by atoms with Gasteiger partial charge in [0.1, 0.15) is 6.61 Å². The molecule has 0 saturated carbocycles. The van der Waals surface area contributed by atoms with Gasteiger partial charge in [-0.1, -0.05) is 30.3 Å². The van der Waals surface area contributed by atoms with Gasteiger partial charge in [0.05, 0.1) is 12.0 Å². The maximum Gasteiger partial charge on any atom is 0.407 e. The van der Waals surface area contributed by atoms with Gasteiger partial charge in [0.15, 0.2) is 0 Å². The second kappa shape index (κ2) is 8.42. The van der Waals surface area contributed by atoms with Gasteiger partial charge in [-0.25, -0.2) is 4.79 Å². The number of alkyl carbamates (subject to hydrolysis) is 1. The topological polar surface area (TPSA) is 78.5 Å². The Bertz CT molecular complexity index is 410. The van der Waals surface area contributed by atoms with Gasteiger partial charge >= 0.3 is 6.09 Å². The zero-order chi connectivity index (χ0) is 14.1. The highest BCUT2D eigenvalue weighted by atomic mass is 32.2. The summed E-state index contributed by atoms with van der Waals surface area (Å²) in [6, 6.07) is 8.14. The number of carboxylic acids is 1. The average Bonchev–Trinajstić information content (AvgIpc) is 2.42. The molecule has 0 spiro atoms. The first-order valence-corrected chi connectivity index (χ1v) is 7.20. The standard InChI is InChI=1S/C13H17NO4S/c1-19-8-7-11(12(15)16)14-13(17)18-9-10-5-3-2-4-6-10/h2-6,11H,7-9H2,1H3,(H,14,17)(H,15,16)/p-1/t11-/m1/s1. The fraction of sp³-hybridized carbons (Fsp3) is 0.385. The fourth-order valence-electron chi connectivity index (χ4n) is 1.39. The lowest BCUT2D eigenvalue weighted by Gasteiger charge is -2.18. The van der Waals surface area contributed by atoms with Crippen LogP contribution >= 0.6 is 11.8 Å². The summed E-state index contributed by atoms with van der Waals surface area (Å²) in [6.07, 6.45) is 1.42. The van der Waals surface area contributed by atoms with Gasteiger partial charge in [0, 0.05) is 0 Å². The van der Waals surface area contributed by atoms with Gasteiger partial charge < -0.3 is 20.0 Å². The molecule has 0 radical (unpaired) electrons. The van der Waals surface area contributed by atoms with E-state index in [1.807, 2.05) is 36.6 Å². The monoisotopic (exact) mass is 282 g/mol. The van der Waals surface area contributed by atoms with Crippen molar-refractivity contribution in [2.45, 2.75) is 19.1 Å². The minimum atomic E-state index is -1.30. The van der Waals surface area contributed by atoms with Crippen LogP contribution in [0.3, 0.4) is 0 Å². The van der Waals surface area contributed by atoms with Crippen molar-refractivity contribution in [3.05, 3.63) is 35.9 Å². The van der Waals surface area contributed by atoms with Gasteiger partial charge in [-0.05, 0) is 24.0 Å². The second-order valence-corrected chi connectivity index (χ2v) is 4.84. The molecule has 1 amide bonds. The third-order valence-corrected chi connectivity index (χ3v) is 3.04. The molecule has 1 aromatic carbocycles. The Kier molecular flexibility index (Phi) is 6.81. The Morgan fingerprint density at radius 1 is 1.37 bits per heavy atom. The van der Waals surface area contributed by atoms with E-state index in [0.717, 1.165) is 5.56 Å². The summed E-state index contributed by atoms with van der Waals surface area (Å²) >= 11 is 1.50. The number of carboxylic acid groups (broad SMARTS) is 1. The lowest BCUT2D eigenvalue weighted by Crippen LogP contribution is -2.48. The molecule has 1 atom stereocenters. The van der Waals surface area contributed by atoms with Crippen LogP contribution in [-0.2, 0) is 16.1 Å². The first kappa shape index (κ1) is 15.4. The molecular weight excluding hydrogens is 266 g/mol. The lowest BCUT2D eigenvalue weighted by molar-refractivity contribution is -0.308. The first-order valence-electron chi connectivity index (χ1n) is 5.80. The van der Waals surface area contributed by atoms with E-state index in [2.05, 4.69) is 5.32 Å². The first-order chi connectivity index (χ1) is 9.13. The molecule has 0 bridgehead atoms. The second-order valence-electron chi connectivity index (χ2n) is 3.86. The van der Waals surface area contributed by atoms with Crippen molar-refractivity contribution in [2.24, 2.45) is 0 Å². The Morgan fingerprint density at radius 3 is 2.63 bits per heavy atom. The molecule has 1 rings (SSSR count). The van der Waals surface area contributed by atoms with Gasteiger partial charge in [0.25, 0.3) is 0 Å². The normalized spacial score (nSPS) is 11.6. The van der Waals surface area contributed by atoms with E-state index in [1.165, 1.54) is 11.8 Å². The molecular formula is C13H16NO4S-. The highest BCUT2D eigenvalue weighted by Crippen LogP contribution is 2.03. The Hall–Kier alpha value is -1.69. The van der Waals surface area contributed by atoms with Gasteiger partial charge in [0.2, 0.25) is 0 Å². The third-order valence-electron chi connectivity index (χ3n) is 2.40. The maximum atomic E-state index is 11.5. The molecule has 5 nitrogen and oxygen atoms in total. The summed E-state index contributed by atoms with van der Waals surface area (Å²) in [5.74, 6) is -0.678. The average molecular weight is 282 g/mol. The summed E-state index contributed by atoms with van der Waals surface area (Å²) in [5, 5.41) is 13.1. The molecule has 6 heteroatoms. The zero-order valence-electron chi connectivity index (χ0n) is 10.6. The SMILES string of the molecule is CSCC[C@@H](NC(=O)OCc1ccccc1)C(=O)[O-]. The van der Waals surface area contributed by atoms with Crippen molar-refractivity contribution in [3.8, 4) is 0 Å². The molecule has 0 aliphatic carbocycles. The molecule has 1 N–H and O–H groups in total. The molecule has 0 unspecified atom stereocenters. The van der Waals surface area contributed by atoms with Crippen LogP contribution in [0.15, 0.2) is 30.3 Å². The van der Waals surface area contributed by atoms with E-state index in [-0.39, 0.29) is 6.61 Å². The number of benzene rings is 1. The fourth-order valence-corrected chi connectivity index (χ4v) is 1.86. The number of thioether (sulfide) groups is 1. The van der Waals surface area contributed by atoms with Crippen LogP contribution in [0.2, 0.25) is 0 Å². The molecule has 19 heavy (non-hydrogen) atoms. The predicted molar refractivity (Wildman–Crippen MR) is 71.6 cm³/mol. The Labute approximate surface area is 116 Å². The minimum Gasteiger partial charge on any atom is -0.548 e. The van der Waals surface area contributed by atoms with Crippen molar-refractivity contribution in [1.82, 2.24) is 5.32 Å². The summed E-state index contributed by atoms with van der Waals surface area (Å²) in [4.78, 5) is 22.3. The van der Waals surface area contributed by atoms with E-state index in [0.29, 0.717) is 12.2 Å². The van der Waals surface area contributed by atoms with Crippen LogP contribution in [0, 0.1) is 0 Å². The number of amides is 1. The number of carbonyl (C=O) groups excluding carboxylic acids is 2. The maximum absolute atomic E-state index is 11.5. The number of ether oxygens (including phenoxy) is 1. The van der Waals surface area contributed by atoms with Crippen molar-refractivity contribution in [2.75, 3.05) is 12.0 Å². The van der Waals surface area contributed by atoms with Crippen LogP contribution in [0.4, 0.5) is 4.79 Å². The van der Waals surface area contributed by atoms with Crippen LogP contribution in [0.5, 0.6) is 0 Å². The Morgan fingerprint density at radius 2 is 2.05 bits per heavy atom. The number of aliphatic carboxylic acids is 1. The predicted octanol–water partition coefficient (Wildman–Crippen LogP) is 0.784. The molecule has 0 aliphatic rings. The van der Waals surface area contributed by atoms with Crippen LogP contribution in [-0.4, -0.2) is 30.1 Å². The van der Waals surface area contributed by atoms with E-state index in [9.17, 15) is 14.7 Å². The van der Waals surface area contributed by atoms with E-state index >= 15 is 0 Å². The molecule has 0 fully saturated rings. The third kappa shape index (κ3) is 6.15. The zero-order valence-corrected chi connectivity index (χ0v) is 11.4. The highest BCUT2D eigenvalue weighted by molar-refractivity contribution is 7.98. The lowest BCUT2D eigenvalue weighted by atomic mass is 10.2. The summed E-state index contributed by atoms with van der Waals surface area (Å²) in [6.45, 7) is 0.106. The van der Waals surface area contributed by atoms with Crippen LogP contribution in [0.1, 0.15) is 12.0 Å². The number of hydrogen-bond donors (Lipinski definition) is 1. The van der Waals surface area contributed by atoms with Crippen molar-refractivity contribution >= 4 is 23.8 Å². The highest BCUT2D eigenvalue weighted by Gasteiger charge is 2.13. The van der Waals surface area contributed by atoms with E-state index in [4.69, 9.17) is 4.74 Å². The van der Waals surface area contributed by atoms with Gasteiger partial charge in [-0.3, -0.25) is 0 Å². The number of hydrogen-bond acceptors (Lipinski definition) is 5. The van der Waals surface area contributed by atoms with Crippen LogP contribution in [0.25, 0.3) is 0 Å². The minimum absolute atomic E-state index is 0.106. The van der Waals surface area contributed by atoms with Gasteiger partial charge in [-0.2, -0.15) is 11.8 Å². The number of rotatable bonds is 7. The van der Waals surface area contributed by atoms with E-state index < -0.39 is 18.1 Å². The Balaban J connectivity index is 2.38. The number of carbonyl (C=O) groups is 2. The quantitative estimate of drug-likeness (QED) is 0.799. The van der Waals surface area contributed by atoms with Crippen molar-refractivity contribution in [1.29, 1.82) is 0 Å². The molecule has 0 saturated heterocycles. The molecule has 0 aromatic heterocycles. The summed E-state index contributed by atoms with van der Waals surface area (Å²) < 4.78 is 4.94. The van der Waals surface area contributed by atoms with Crippen LogP contribution < -0.4 is 10.4 Å². The van der Waals surface area contributed by atoms with Crippen molar-refractivity contribution in [3.63, 3.8) is 0 Å². The summed E-state index contributed by atoms with van der Waals surface area (Å²) in [5.41, 5.74) is 0.840. The number of nitrogens with one attached hydrogen (secondary N) is 1. The largest absolute Gasteiger partial charge is 0.548 e. The molecule has 104 valence electrons. The van der Waals surface area contributed by atoms with E-state index in [1.54, 1.807) is 0 Å². The molecule has 0 heterocycles.